The summed E-state index contributed by atoms with van der Waals surface area (Å²) in [5.74, 6) is -14.2. The summed E-state index contributed by atoms with van der Waals surface area (Å²) in [6, 6.07) is -0.730. The van der Waals surface area contributed by atoms with Crippen molar-refractivity contribution >= 4 is 45.8 Å². The van der Waals surface area contributed by atoms with Gasteiger partial charge in [-0.15, -0.1) is 0 Å². The summed E-state index contributed by atoms with van der Waals surface area (Å²) in [4.78, 5) is 56.2. The lowest BCUT2D eigenvalue weighted by Gasteiger charge is -2.22. The van der Waals surface area contributed by atoms with E-state index in [9.17, 15) is 79.1 Å². The fourth-order valence-electron chi connectivity index (χ4n) is 1.20. The fourth-order valence-corrected chi connectivity index (χ4v) is 2.00. The van der Waals surface area contributed by atoms with Crippen LogP contribution in [0.2, 0.25) is 0 Å². The van der Waals surface area contributed by atoms with Crippen LogP contribution < -0.4 is 15.8 Å². The first kappa shape index (κ1) is 58.8. The molecule has 0 saturated carbocycles. The molecule has 2 atom stereocenters. The number of nitrogens with two attached hydrogens (primary N) is 1. The molecule has 0 heterocycles. The van der Waals surface area contributed by atoms with Crippen molar-refractivity contribution in [2.24, 2.45) is 11.7 Å². The third-order valence-electron chi connectivity index (χ3n) is 3.49. The van der Waals surface area contributed by atoms with Crippen LogP contribution in [0.25, 0.3) is 0 Å². The van der Waals surface area contributed by atoms with Crippen LogP contribution in [-0.2, 0) is 38.8 Å². The number of halogens is 15. The number of hydrogen-bond acceptors (Lipinski definition) is 9. The van der Waals surface area contributed by atoms with Gasteiger partial charge in [-0.1, -0.05) is 20.3 Å². The molecule has 51 heavy (non-hydrogen) atoms. The van der Waals surface area contributed by atoms with Gasteiger partial charge in [0.05, 0.1) is 6.26 Å². The number of carbonyl (C=O) groups excluding carboxylic acids is 1. The van der Waals surface area contributed by atoms with Gasteiger partial charge in [0.2, 0.25) is 15.9 Å². The summed E-state index contributed by atoms with van der Waals surface area (Å²) in [7, 11) is -3.39. The second kappa shape index (κ2) is 24.7. The van der Waals surface area contributed by atoms with Crippen molar-refractivity contribution in [1.82, 2.24) is 10.0 Å². The molecule has 0 aliphatic carbocycles. The van der Waals surface area contributed by atoms with Crippen molar-refractivity contribution in [3.8, 4) is 0 Å². The summed E-state index contributed by atoms with van der Waals surface area (Å²) in [6.45, 7) is 4.40. The number of sulfonamides is 1. The van der Waals surface area contributed by atoms with Crippen molar-refractivity contribution < 1.29 is 129 Å². The zero-order valence-corrected chi connectivity index (χ0v) is 25.7. The minimum atomic E-state index is -5.08. The van der Waals surface area contributed by atoms with Crippen LogP contribution in [0.15, 0.2) is 0 Å². The Labute approximate surface area is 273 Å². The van der Waals surface area contributed by atoms with E-state index in [1.165, 1.54) is 0 Å². The lowest BCUT2D eigenvalue weighted by Crippen LogP contribution is -2.50. The van der Waals surface area contributed by atoms with Gasteiger partial charge in [-0.2, -0.15) is 65.9 Å². The molecule has 0 aliphatic heterocycles. The van der Waals surface area contributed by atoms with Crippen molar-refractivity contribution in [3.63, 3.8) is 0 Å². The Kier molecular flexibility index (Phi) is 28.5. The van der Waals surface area contributed by atoms with E-state index in [1.807, 2.05) is 13.8 Å². The molecule has 9 N–H and O–H groups in total. The van der Waals surface area contributed by atoms with Gasteiger partial charge >= 0.3 is 60.7 Å². The Morgan fingerprint density at radius 3 is 0.902 bits per heavy atom. The number of hydrogen-bond donors (Lipinski definition) is 8. The molecule has 1 amide bonds. The van der Waals surface area contributed by atoms with E-state index in [0.717, 1.165) is 6.26 Å². The standard InChI is InChI=1S/C9H21N3O3S.5C2HF3O2/c1-4-7(2)8(12-16(3,14)15)9(13)11-6-5-10;5*3-2(4,5)1(6)7/h7-8,12H,4-6,10H2,1-3H3,(H,11,13);5*(H,6,7)/t7-,8-;;;;;/m0...../s1. The van der Waals surface area contributed by atoms with Crippen LogP contribution in [0, 0.1) is 5.92 Å². The molecule has 306 valence electrons. The van der Waals surface area contributed by atoms with E-state index in [4.69, 9.17) is 55.2 Å². The normalized spacial score (nSPS) is 12.6. The Balaban J connectivity index is -0.000000125. The van der Waals surface area contributed by atoms with Gasteiger partial charge in [-0.05, 0) is 5.92 Å². The average Bonchev–Trinajstić information content (AvgIpc) is 2.88. The molecule has 0 unspecified atom stereocenters. The molecule has 0 saturated heterocycles. The lowest BCUT2D eigenvalue weighted by atomic mass is 9.99. The van der Waals surface area contributed by atoms with E-state index in [0.29, 0.717) is 19.5 Å². The third kappa shape index (κ3) is 43.6. The number of carbonyl (C=O) groups is 6. The number of aliphatic carboxylic acids is 5. The minimum absolute atomic E-state index is 0.0625. The number of carboxylic acids is 5. The van der Waals surface area contributed by atoms with Crippen LogP contribution in [-0.4, -0.2) is 126 Å². The fraction of sp³-hybridized carbons (Fsp3) is 0.684. The second-order valence-corrected chi connectivity index (χ2v) is 9.63. The van der Waals surface area contributed by atoms with E-state index in [1.54, 1.807) is 0 Å². The first-order valence-corrected chi connectivity index (χ1v) is 13.4. The van der Waals surface area contributed by atoms with Crippen molar-refractivity contribution in [2.45, 2.75) is 57.2 Å². The molecule has 0 aromatic heterocycles. The Bertz CT molecular complexity index is 1060. The van der Waals surface area contributed by atoms with Gasteiger partial charge in [0.15, 0.2) is 0 Å². The van der Waals surface area contributed by atoms with Crippen LogP contribution in [0.3, 0.4) is 0 Å². The third-order valence-corrected chi connectivity index (χ3v) is 4.17. The number of amides is 1. The molecule has 16 nitrogen and oxygen atoms in total. The van der Waals surface area contributed by atoms with Gasteiger partial charge in [0, 0.05) is 13.1 Å². The van der Waals surface area contributed by atoms with E-state index < -0.39 is 76.8 Å². The Morgan fingerprint density at radius 2 is 0.784 bits per heavy atom. The summed E-state index contributed by atoms with van der Waals surface area (Å²) in [5, 5.41) is 38.2. The number of alkyl halides is 15. The van der Waals surface area contributed by atoms with E-state index >= 15 is 0 Å². The van der Waals surface area contributed by atoms with Crippen molar-refractivity contribution in [3.05, 3.63) is 0 Å². The second-order valence-electron chi connectivity index (χ2n) is 7.85. The topological polar surface area (TPSA) is 288 Å². The smallest absolute Gasteiger partial charge is 0.475 e. The molecule has 0 aromatic carbocycles. The molecular formula is C19H26F15N3O13S. The highest BCUT2D eigenvalue weighted by Gasteiger charge is 2.40. The zero-order chi connectivity index (χ0) is 43.2. The summed E-state index contributed by atoms with van der Waals surface area (Å²) in [5.41, 5.74) is 5.26. The highest BCUT2D eigenvalue weighted by Crippen LogP contribution is 2.15. The Hall–Kier alpha value is -4.36. The van der Waals surface area contributed by atoms with E-state index in [2.05, 4.69) is 10.0 Å². The first-order valence-electron chi connectivity index (χ1n) is 11.5. The molecule has 0 fully saturated rings. The van der Waals surface area contributed by atoms with Crippen molar-refractivity contribution in [1.29, 1.82) is 0 Å². The molecule has 0 radical (unpaired) electrons. The maximum atomic E-state index is 11.7. The quantitative estimate of drug-likeness (QED) is 0.171. The molecule has 0 spiro atoms. The Morgan fingerprint density at radius 1 is 0.588 bits per heavy atom. The monoisotopic (exact) mass is 821 g/mol. The molecule has 0 bridgehead atoms. The van der Waals surface area contributed by atoms with Gasteiger partial charge in [-0.25, -0.2) is 37.1 Å². The highest BCUT2D eigenvalue weighted by atomic mass is 32.2. The number of carboxylic acid groups (broad SMARTS) is 5. The predicted octanol–water partition coefficient (Wildman–Crippen LogP) is 2.19. The summed E-state index contributed by atoms with van der Waals surface area (Å²) in [6.07, 6.45) is -23.7. The molecule has 0 rings (SSSR count). The van der Waals surface area contributed by atoms with Crippen LogP contribution in [0.1, 0.15) is 20.3 Å². The van der Waals surface area contributed by atoms with Gasteiger partial charge in [-0.3, -0.25) is 4.79 Å². The van der Waals surface area contributed by atoms with Crippen molar-refractivity contribution in [2.75, 3.05) is 19.3 Å². The van der Waals surface area contributed by atoms with E-state index in [-0.39, 0.29) is 11.8 Å². The van der Waals surface area contributed by atoms with Gasteiger partial charge in [0.25, 0.3) is 0 Å². The van der Waals surface area contributed by atoms with Crippen LogP contribution >= 0.6 is 0 Å². The minimum Gasteiger partial charge on any atom is -0.475 e. The predicted molar refractivity (Wildman–Crippen MR) is 132 cm³/mol. The largest absolute Gasteiger partial charge is 0.490 e. The first-order chi connectivity index (χ1) is 22.0. The SMILES string of the molecule is CC[C@H](C)[C@H](NS(C)(=O)=O)C(=O)NCCN.O=C(O)C(F)(F)F.O=C(O)C(F)(F)F.O=C(O)C(F)(F)F.O=C(O)C(F)(F)F.O=C(O)C(F)(F)F. The summed E-state index contributed by atoms with van der Waals surface area (Å²) < 4.78 is 183. The van der Waals surface area contributed by atoms with Gasteiger partial charge in [0.1, 0.15) is 6.04 Å². The van der Waals surface area contributed by atoms with Gasteiger partial charge < -0.3 is 36.6 Å². The number of rotatable bonds is 7. The van der Waals surface area contributed by atoms with Crippen LogP contribution in [0.5, 0.6) is 0 Å². The lowest BCUT2D eigenvalue weighted by molar-refractivity contribution is -0.193. The zero-order valence-electron chi connectivity index (χ0n) is 24.9. The molecule has 0 aromatic rings. The molecular weight excluding hydrogens is 795 g/mol. The maximum Gasteiger partial charge on any atom is 0.490 e. The highest BCUT2D eigenvalue weighted by molar-refractivity contribution is 7.88. The maximum absolute atomic E-state index is 11.7. The molecule has 0 aliphatic rings. The molecule has 32 heteroatoms. The average molecular weight is 821 g/mol. The van der Waals surface area contributed by atoms with Crippen LogP contribution in [0.4, 0.5) is 65.9 Å². The summed E-state index contributed by atoms with van der Waals surface area (Å²) >= 11 is 0. The number of nitrogens with one attached hydrogen (secondary N) is 2.